The molecule has 0 bridgehead atoms. The number of carbonyl (C=O) groups is 1. The van der Waals surface area contributed by atoms with Gasteiger partial charge in [-0.2, -0.15) is 0 Å². The lowest BCUT2D eigenvalue weighted by molar-refractivity contribution is 0.00666. The van der Waals surface area contributed by atoms with E-state index in [4.69, 9.17) is 12.6 Å². The maximum atomic E-state index is 12.2. The molecule has 1 aromatic rings. The van der Waals surface area contributed by atoms with E-state index in [0.29, 0.717) is 5.41 Å². The number of hydrogen-bond acceptors (Lipinski definition) is 3. The predicted molar refractivity (Wildman–Crippen MR) is 103 cm³/mol. The fourth-order valence-corrected chi connectivity index (χ4v) is 3.91. The molecule has 2 saturated heterocycles. The standard InChI is InChI=1S/C20H29BN2O2/c1-19(2,3)25-18(24)23-14-10-20(11-15-23)8-12-22(13-9-20)17-6-4-16(21)5-7-17/h4-7H,8-15H2,1-3H3. The second-order valence-corrected chi connectivity index (χ2v) is 8.55. The van der Waals surface area contributed by atoms with Crippen LogP contribution in [0.15, 0.2) is 24.3 Å². The predicted octanol–water partition coefficient (Wildman–Crippen LogP) is 3.10. The van der Waals surface area contributed by atoms with Crippen molar-refractivity contribution < 1.29 is 9.53 Å². The Kier molecular flexibility index (Phi) is 5.03. The monoisotopic (exact) mass is 340 g/mol. The van der Waals surface area contributed by atoms with Crippen molar-refractivity contribution in [1.29, 1.82) is 0 Å². The lowest BCUT2D eigenvalue weighted by Crippen LogP contribution is -2.49. The van der Waals surface area contributed by atoms with Gasteiger partial charge in [-0.25, -0.2) is 4.79 Å². The van der Waals surface area contributed by atoms with Gasteiger partial charge in [0.25, 0.3) is 0 Å². The van der Waals surface area contributed by atoms with E-state index < -0.39 is 5.60 Å². The number of piperidine rings is 2. The third-order valence-corrected chi connectivity index (χ3v) is 5.56. The second-order valence-electron chi connectivity index (χ2n) is 8.55. The van der Waals surface area contributed by atoms with Crippen LogP contribution in [0.2, 0.25) is 0 Å². The molecule has 0 aromatic heterocycles. The molecule has 2 aliphatic rings. The summed E-state index contributed by atoms with van der Waals surface area (Å²) in [7, 11) is 5.78. The summed E-state index contributed by atoms with van der Waals surface area (Å²) in [4.78, 5) is 16.6. The van der Waals surface area contributed by atoms with Gasteiger partial charge in [-0.1, -0.05) is 17.6 Å². The van der Waals surface area contributed by atoms with Crippen molar-refractivity contribution in [3.63, 3.8) is 0 Å². The first-order valence-electron chi connectivity index (χ1n) is 9.35. The Morgan fingerprint density at radius 3 is 2.04 bits per heavy atom. The van der Waals surface area contributed by atoms with E-state index in [0.717, 1.165) is 44.5 Å². The molecule has 134 valence electrons. The number of likely N-dealkylation sites (tertiary alicyclic amines) is 1. The summed E-state index contributed by atoms with van der Waals surface area (Å²) in [5, 5.41) is 0. The maximum Gasteiger partial charge on any atom is 0.410 e. The van der Waals surface area contributed by atoms with E-state index in [1.807, 2.05) is 37.8 Å². The highest BCUT2D eigenvalue weighted by atomic mass is 16.6. The Balaban J connectivity index is 1.51. The topological polar surface area (TPSA) is 32.8 Å². The molecule has 4 nitrogen and oxygen atoms in total. The molecule has 0 unspecified atom stereocenters. The van der Waals surface area contributed by atoms with Crippen molar-refractivity contribution in [2.45, 2.75) is 52.1 Å². The van der Waals surface area contributed by atoms with Gasteiger partial charge < -0.3 is 14.5 Å². The minimum Gasteiger partial charge on any atom is -0.444 e. The van der Waals surface area contributed by atoms with E-state index in [1.54, 1.807) is 0 Å². The first-order chi connectivity index (χ1) is 11.8. The number of nitrogens with zero attached hydrogens (tertiary/aromatic N) is 2. The van der Waals surface area contributed by atoms with Crippen LogP contribution in [0.5, 0.6) is 0 Å². The van der Waals surface area contributed by atoms with Crippen molar-refractivity contribution in [3.05, 3.63) is 24.3 Å². The third-order valence-electron chi connectivity index (χ3n) is 5.56. The first kappa shape index (κ1) is 18.2. The summed E-state index contributed by atoms with van der Waals surface area (Å²) >= 11 is 0. The molecular weight excluding hydrogens is 311 g/mol. The molecule has 2 fully saturated rings. The first-order valence-corrected chi connectivity index (χ1v) is 9.35. The van der Waals surface area contributed by atoms with Crippen molar-refractivity contribution in [1.82, 2.24) is 4.90 Å². The van der Waals surface area contributed by atoms with E-state index in [-0.39, 0.29) is 6.09 Å². The average molecular weight is 340 g/mol. The average Bonchev–Trinajstić information content (AvgIpc) is 2.56. The minimum absolute atomic E-state index is 0.165. The van der Waals surface area contributed by atoms with E-state index in [2.05, 4.69) is 17.0 Å². The van der Waals surface area contributed by atoms with Gasteiger partial charge in [0.05, 0.1) is 0 Å². The van der Waals surface area contributed by atoms with Gasteiger partial charge in [-0.3, -0.25) is 0 Å². The van der Waals surface area contributed by atoms with Gasteiger partial charge in [0.2, 0.25) is 0 Å². The van der Waals surface area contributed by atoms with Crippen molar-refractivity contribution in [2.75, 3.05) is 31.1 Å². The molecule has 2 radical (unpaired) electrons. The number of anilines is 1. The zero-order valence-electron chi connectivity index (χ0n) is 15.8. The zero-order valence-corrected chi connectivity index (χ0v) is 15.8. The van der Waals surface area contributed by atoms with Crippen molar-refractivity contribution >= 4 is 25.1 Å². The SMILES string of the molecule is [B]c1ccc(N2CCC3(CCN(C(=O)OC(C)(C)C)CC3)CC2)cc1. The van der Waals surface area contributed by atoms with Crippen LogP contribution in [-0.4, -0.2) is 50.6 Å². The Morgan fingerprint density at radius 2 is 1.52 bits per heavy atom. The molecule has 0 N–H and O–H groups in total. The van der Waals surface area contributed by atoms with Crippen LogP contribution in [-0.2, 0) is 4.74 Å². The quantitative estimate of drug-likeness (QED) is 0.737. The Hall–Kier alpha value is -1.65. The number of hydrogen-bond donors (Lipinski definition) is 0. The Labute approximate surface area is 152 Å². The Morgan fingerprint density at radius 1 is 1.00 bits per heavy atom. The molecule has 0 atom stereocenters. The fourth-order valence-electron chi connectivity index (χ4n) is 3.91. The summed E-state index contributed by atoms with van der Waals surface area (Å²) in [5.74, 6) is 0. The van der Waals surface area contributed by atoms with Gasteiger partial charge in [-0.05, 0) is 64.0 Å². The van der Waals surface area contributed by atoms with Crippen LogP contribution in [0.25, 0.3) is 0 Å². The number of rotatable bonds is 1. The van der Waals surface area contributed by atoms with Crippen LogP contribution in [0.1, 0.15) is 46.5 Å². The minimum atomic E-state index is -0.420. The molecular formula is C20H29BN2O2. The molecule has 1 spiro atoms. The van der Waals surface area contributed by atoms with Gasteiger partial charge in [0.1, 0.15) is 13.4 Å². The summed E-state index contributed by atoms with van der Waals surface area (Å²) < 4.78 is 5.51. The van der Waals surface area contributed by atoms with Crippen LogP contribution < -0.4 is 10.4 Å². The Bertz CT molecular complexity index is 591. The third kappa shape index (κ3) is 4.50. The highest BCUT2D eigenvalue weighted by Crippen LogP contribution is 2.42. The summed E-state index contributed by atoms with van der Waals surface area (Å²) in [6, 6.07) is 8.16. The number of amides is 1. The van der Waals surface area contributed by atoms with Crippen molar-refractivity contribution in [3.8, 4) is 0 Å². The highest BCUT2D eigenvalue weighted by Gasteiger charge is 2.39. The smallest absolute Gasteiger partial charge is 0.410 e. The maximum absolute atomic E-state index is 12.2. The van der Waals surface area contributed by atoms with Crippen LogP contribution in [0.3, 0.4) is 0 Å². The summed E-state index contributed by atoms with van der Waals surface area (Å²) in [5.41, 5.74) is 2.04. The lowest BCUT2D eigenvalue weighted by atomic mass is 9.71. The normalized spacial score (nSPS) is 20.6. The van der Waals surface area contributed by atoms with E-state index in [1.165, 1.54) is 18.5 Å². The highest BCUT2D eigenvalue weighted by molar-refractivity contribution is 6.32. The second kappa shape index (κ2) is 6.93. The molecule has 0 saturated carbocycles. The number of benzene rings is 1. The molecule has 3 rings (SSSR count). The largest absolute Gasteiger partial charge is 0.444 e. The van der Waals surface area contributed by atoms with Crippen molar-refractivity contribution in [2.24, 2.45) is 5.41 Å². The molecule has 1 aromatic carbocycles. The fraction of sp³-hybridized carbons (Fsp3) is 0.650. The van der Waals surface area contributed by atoms with Gasteiger partial charge >= 0.3 is 6.09 Å². The van der Waals surface area contributed by atoms with Crippen LogP contribution in [0.4, 0.5) is 10.5 Å². The summed E-state index contributed by atoms with van der Waals surface area (Å²) in [6.07, 6.45) is 4.39. The van der Waals surface area contributed by atoms with E-state index >= 15 is 0 Å². The van der Waals surface area contributed by atoms with Gasteiger partial charge in [0.15, 0.2) is 0 Å². The number of ether oxygens (including phenoxy) is 1. The summed E-state index contributed by atoms with van der Waals surface area (Å²) in [6.45, 7) is 9.55. The molecule has 25 heavy (non-hydrogen) atoms. The van der Waals surface area contributed by atoms with Crippen LogP contribution >= 0.6 is 0 Å². The van der Waals surface area contributed by atoms with Gasteiger partial charge in [-0.15, -0.1) is 0 Å². The van der Waals surface area contributed by atoms with Crippen LogP contribution in [0, 0.1) is 5.41 Å². The molecule has 2 aliphatic heterocycles. The van der Waals surface area contributed by atoms with E-state index in [9.17, 15) is 4.79 Å². The van der Waals surface area contributed by atoms with Gasteiger partial charge in [0, 0.05) is 31.9 Å². The molecule has 5 heteroatoms. The number of carbonyl (C=O) groups excluding carboxylic acids is 1. The molecule has 0 aliphatic carbocycles. The lowest BCUT2D eigenvalue weighted by Gasteiger charge is -2.47. The molecule has 1 amide bonds. The molecule has 2 heterocycles. The zero-order chi connectivity index (χ0) is 18.1.